The van der Waals surface area contributed by atoms with E-state index in [0.29, 0.717) is 0 Å². The molecular formula is C16H30N4. The molecule has 0 radical (unpaired) electrons. The molecule has 1 saturated heterocycles. The summed E-state index contributed by atoms with van der Waals surface area (Å²) in [5.74, 6) is 0.795. The molecule has 0 spiro atoms. The van der Waals surface area contributed by atoms with Gasteiger partial charge in [0.1, 0.15) is 0 Å². The van der Waals surface area contributed by atoms with Crippen LogP contribution in [0, 0.1) is 5.92 Å². The van der Waals surface area contributed by atoms with Crippen molar-refractivity contribution in [3.63, 3.8) is 0 Å². The van der Waals surface area contributed by atoms with Crippen LogP contribution in [-0.2, 0) is 19.0 Å². The zero-order chi connectivity index (χ0) is 14.8. The largest absolute Gasteiger partial charge is 0.316 e. The Balaban J connectivity index is 1.98. The fourth-order valence-electron chi connectivity index (χ4n) is 3.16. The van der Waals surface area contributed by atoms with E-state index in [1.54, 1.807) is 0 Å². The molecule has 0 amide bonds. The molecule has 1 aliphatic rings. The molecule has 114 valence electrons. The van der Waals surface area contributed by atoms with E-state index in [9.17, 15) is 0 Å². The molecule has 0 bridgehead atoms. The van der Waals surface area contributed by atoms with Crippen LogP contribution < -0.4 is 5.32 Å². The SMILES string of the molecule is CN(Cc1cn(C)nc1C(C)(C)C)CC1CCCNC1. The summed E-state index contributed by atoms with van der Waals surface area (Å²) in [6, 6.07) is 0. The molecule has 1 aromatic rings. The van der Waals surface area contributed by atoms with Gasteiger partial charge in [-0.1, -0.05) is 20.8 Å². The lowest BCUT2D eigenvalue weighted by Crippen LogP contribution is -2.36. The molecule has 20 heavy (non-hydrogen) atoms. The molecule has 0 aromatic carbocycles. The first-order valence-corrected chi connectivity index (χ1v) is 7.78. The van der Waals surface area contributed by atoms with Crippen LogP contribution in [0.1, 0.15) is 44.9 Å². The zero-order valence-electron chi connectivity index (χ0n) is 13.7. The number of aryl methyl sites for hydroxylation is 1. The second kappa shape index (κ2) is 6.27. The maximum Gasteiger partial charge on any atom is 0.0722 e. The summed E-state index contributed by atoms with van der Waals surface area (Å²) in [4.78, 5) is 2.45. The summed E-state index contributed by atoms with van der Waals surface area (Å²) in [5.41, 5.74) is 2.71. The molecule has 4 nitrogen and oxygen atoms in total. The van der Waals surface area contributed by atoms with Gasteiger partial charge in [0, 0.05) is 37.3 Å². The van der Waals surface area contributed by atoms with E-state index >= 15 is 0 Å². The predicted molar refractivity (Wildman–Crippen MR) is 83.8 cm³/mol. The van der Waals surface area contributed by atoms with Gasteiger partial charge in [0.25, 0.3) is 0 Å². The van der Waals surface area contributed by atoms with E-state index in [1.807, 2.05) is 11.7 Å². The van der Waals surface area contributed by atoms with E-state index in [4.69, 9.17) is 0 Å². The van der Waals surface area contributed by atoms with Gasteiger partial charge in [-0.15, -0.1) is 0 Å². The standard InChI is InChI=1S/C16H30N4/c1-16(2,3)15-14(12-20(5)18-15)11-19(4)10-13-7-6-8-17-9-13/h12-13,17H,6-11H2,1-5H3. The number of nitrogens with one attached hydrogen (secondary N) is 1. The van der Waals surface area contributed by atoms with Crippen molar-refractivity contribution in [2.75, 3.05) is 26.7 Å². The Bertz CT molecular complexity index is 424. The minimum Gasteiger partial charge on any atom is -0.316 e. The number of hydrogen-bond donors (Lipinski definition) is 1. The second-order valence-electron chi connectivity index (χ2n) is 7.34. The molecule has 2 rings (SSSR count). The van der Waals surface area contributed by atoms with Crippen LogP contribution in [0.4, 0.5) is 0 Å². The molecule has 4 heteroatoms. The quantitative estimate of drug-likeness (QED) is 0.916. The summed E-state index contributed by atoms with van der Waals surface area (Å²) in [6.45, 7) is 11.3. The minimum atomic E-state index is 0.115. The highest BCUT2D eigenvalue weighted by molar-refractivity contribution is 5.23. The van der Waals surface area contributed by atoms with Crippen molar-refractivity contribution in [2.24, 2.45) is 13.0 Å². The van der Waals surface area contributed by atoms with Gasteiger partial charge in [-0.25, -0.2) is 0 Å². The normalized spacial score (nSPS) is 20.6. The van der Waals surface area contributed by atoms with Gasteiger partial charge in [-0.05, 0) is 38.9 Å². The first-order valence-electron chi connectivity index (χ1n) is 7.78. The molecule has 0 aliphatic carbocycles. The summed E-state index contributed by atoms with van der Waals surface area (Å²) in [5, 5.41) is 8.16. The lowest BCUT2D eigenvalue weighted by atomic mass is 9.89. The Labute approximate surface area is 123 Å². The van der Waals surface area contributed by atoms with Crippen molar-refractivity contribution in [1.82, 2.24) is 20.0 Å². The highest BCUT2D eigenvalue weighted by atomic mass is 15.3. The van der Waals surface area contributed by atoms with Crippen molar-refractivity contribution in [3.8, 4) is 0 Å². The third-order valence-corrected chi connectivity index (χ3v) is 4.02. The van der Waals surface area contributed by atoms with Crippen molar-refractivity contribution in [1.29, 1.82) is 0 Å². The number of piperidine rings is 1. The van der Waals surface area contributed by atoms with Crippen LogP contribution in [0.3, 0.4) is 0 Å². The van der Waals surface area contributed by atoms with Crippen LogP contribution in [0.25, 0.3) is 0 Å². The number of aromatic nitrogens is 2. The van der Waals surface area contributed by atoms with Crippen LogP contribution in [0.5, 0.6) is 0 Å². The van der Waals surface area contributed by atoms with Crippen LogP contribution >= 0.6 is 0 Å². The summed E-state index contributed by atoms with van der Waals surface area (Å²) in [6.07, 6.45) is 4.85. The average molecular weight is 278 g/mol. The Morgan fingerprint density at radius 3 is 2.80 bits per heavy atom. The Morgan fingerprint density at radius 2 is 2.20 bits per heavy atom. The number of nitrogens with zero attached hydrogens (tertiary/aromatic N) is 3. The van der Waals surface area contributed by atoms with Crippen molar-refractivity contribution in [3.05, 3.63) is 17.5 Å². The van der Waals surface area contributed by atoms with Gasteiger partial charge < -0.3 is 10.2 Å². The Kier molecular flexibility index (Phi) is 4.86. The lowest BCUT2D eigenvalue weighted by molar-refractivity contribution is 0.236. The van der Waals surface area contributed by atoms with E-state index in [0.717, 1.165) is 12.5 Å². The fraction of sp³-hybridized carbons (Fsp3) is 0.812. The number of hydrogen-bond acceptors (Lipinski definition) is 3. The van der Waals surface area contributed by atoms with Crippen LogP contribution in [-0.4, -0.2) is 41.4 Å². The van der Waals surface area contributed by atoms with Crippen LogP contribution in [0.15, 0.2) is 6.20 Å². The maximum absolute atomic E-state index is 4.66. The van der Waals surface area contributed by atoms with Crippen molar-refractivity contribution in [2.45, 2.75) is 45.6 Å². The topological polar surface area (TPSA) is 33.1 Å². The lowest BCUT2D eigenvalue weighted by Gasteiger charge is -2.28. The van der Waals surface area contributed by atoms with Gasteiger partial charge in [0.05, 0.1) is 5.69 Å². The fourth-order valence-corrected chi connectivity index (χ4v) is 3.16. The molecule has 1 aliphatic heterocycles. The van der Waals surface area contributed by atoms with Crippen molar-refractivity contribution >= 4 is 0 Å². The maximum atomic E-state index is 4.66. The molecule has 1 N–H and O–H groups in total. The average Bonchev–Trinajstić information content (AvgIpc) is 2.71. The summed E-state index contributed by atoms with van der Waals surface area (Å²) in [7, 11) is 4.25. The molecule has 1 unspecified atom stereocenters. The molecule has 1 aromatic heterocycles. The molecular weight excluding hydrogens is 248 g/mol. The monoisotopic (exact) mass is 278 g/mol. The third-order valence-electron chi connectivity index (χ3n) is 4.02. The Hall–Kier alpha value is -0.870. The third kappa shape index (κ3) is 4.06. The second-order valence-corrected chi connectivity index (χ2v) is 7.34. The highest BCUT2D eigenvalue weighted by Crippen LogP contribution is 2.25. The smallest absolute Gasteiger partial charge is 0.0722 e. The molecule has 2 heterocycles. The first-order chi connectivity index (χ1) is 9.36. The van der Waals surface area contributed by atoms with Gasteiger partial charge in [-0.3, -0.25) is 4.68 Å². The van der Waals surface area contributed by atoms with E-state index in [2.05, 4.69) is 49.3 Å². The summed E-state index contributed by atoms with van der Waals surface area (Å²) >= 11 is 0. The number of rotatable bonds is 4. The predicted octanol–water partition coefficient (Wildman–Crippen LogP) is 2.15. The van der Waals surface area contributed by atoms with E-state index < -0.39 is 0 Å². The molecule has 0 saturated carbocycles. The molecule has 1 atom stereocenters. The van der Waals surface area contributed by atoms with Crippen molar-refractivity contribution < 1.29 is 0 Å². The molecule has 1 fully saturated rings. The van der Waals surface area contributed by atoms with Crippen LogP contribution in [0.2, 0.25) is 0 Å². The summed E-state index contributed by atoms with van der Waals surface area (Å²) < 4.78 is 1.95. The van der Waals surface area contributed by atoms with E-state index in [1.165, 1.54) is 43.7 Å². The van der Waals surface area contributed by atoms with Gasteiger partial charge in [-0.2, -0.15) is 5.10 Å². The first kappa shape index (κ1) is 15.5. The van der Waals surface area contributed by atoms with Gasteiger partial charge >= 0.3 is 0 Å². The highest BCUT2D eigenvalue weighted by Gasteiger charge is 2.23. The minimum absolute atomic E-state index is 0.115. The zero-order valence-corrected chi connectivity index (χ0v) is 13.7. The van der Waals surface area contributed by atoms with Gasteiger partial charge in [0.15, 0.2) is 0 Å². The Morgan fingerprint density at radius 1 is 1.45 bits per heavy atom. The van der Waals surface area contributed by atoms with E-state index in [-0.39, 0.29) is 5.41 Å². The van der Waals surface area contributed by atoms with Gasteiger partial charge in [0.2, 0.25) is 0 Å².